The van der Waals surface area contributed by atoms with E-state index in [2.05, 4.69) is 10.0 Å². The third kappa shape index (κ3) is 5.50. The summed E-state index contributed by atoms with van der Waals surface area (Å²) in [5, 5.41) is 4.18. The average molecular weight is 474 g/mol. The molecule has 0 spiro atoms. The molecule has 0 saturated carbocycles. The SMILES string of the molecule is C[C@@H](OC(=O)c1ccccc1NS(=O)(=O)c1cccs1)C(=O)Nc1ccc(C(N)=O)cc1. The molecule has 166 valence electrons. The molecule has 3 rings (SSSR count). The van der Waals surface area contributed by atoms with Crippen LogP contribution in [0.2, 0.25) is 0 Å². The number of ether oxygens (including phenoxy) is 1. The number of hydrogen-bond acceptors (Lipinski definition) is 7. The molecule has 0 aliphatic carbocycles. The number of hydrogen-bond donors (Lipinski definition) is 3. The summed E-state index contributed by atoms with van der Waals surface area (Å²) < 4.78 is 32.7. The molecular weight excluding hydrogens is 454 g/mol. The zero-order chi connectivity index (χ0) is 23.3. The third-order valence-corrected chi connectivity index (χ3v) is 7.00. The van der Waals surface area contributed by atoms with Crippen LogP contribution in [0, 0.1) is 0 Å². The summed E-state index contributed by atoms with van der Waals surface area (Å²) in [6, 6.07) is 14.8. The van der Waals surface area contributed by atoms with E-state index in [0.717, 1.165) is 11.3 Å². The highest BCUT2D eigenvalue weighted by Gasteiger charge is 2.23. The first kappa shape index (κ1) is 23.0. The molecule has 0 aliphatic rings. The fourth-order valence-electron chi connectivity index (χ4n) is 2.60. The van der Waals surface area contributed by atoms with E-state index in [1.54, 1.807) is 23.6 Å². The van der Waals surface area contributed by atoms with Crippen molar-refractivity contribution in [3.63, 3.8) is 0 Å². The van der Waals surface area contributed by atoms with Crippen LogP contribution >= 0.6 is 11.3 Å². The van der Waals surface area contributed by atoms with Gasteiger partial charge in [-0.15, -0.1) is 11.3 Å². The zero-order valence-electron chi connectivity index (χ0n) is 16.8. The Balaban J connectivity index is 1.69. The number of anilines is 2. The smallest absolute Gasteiger partial charge is 0.341 e. The van der Waals surface area contributed by atoms with Gasteiger partial charge in [0.2, 0.25) is 5.91 Å². The molecule has 1 atom stereocenters. The minimum absolute atomic E-state index is 0.0283. The minimum atomic E-state index is -3.87. The van der Waals surface area contributed by atoms with Crippen molar-refractivity contribution in [2.24, 2.45) is 5.73 Å². The van der Waals surface area contributed by atoms with Gasteiger partial charge in [0.05, 0.1) is 11.3 Å². The number of para-hydroxylation sites is 1. The van der Waals surface area contributed by atoms with Crippen molar-refractivity contribution in [2.45, 2.75) is 17.2 Å². The minimum Gasteiger partial charge on any atom is -0.449 e. The zero-order valence-corrected chi connectivity index (χ0v) is 18.4. The van der Waals surface area contributed by atoms with Crippen LogP contribution in [-0.4, -0.2) is 32.3 Å². The van der Waals surface area contributed by atoms with E-state index in [1.165, 1.54) is 49.4 Å². The van der Waals surface area contributed by atoms with Gasteiger partial charge in [-0.05, 0) is 54.8 Å². The van der Waals surface area contributed by atoms with Gasteiger partial charge in [0.15, 0.2) is 6.10 Å². The van der Waals surface area contributed by atoms with Crippen LogP contribution in [0.4, 0.5) is 11.4 Å². The van der Waals surface area contributed by atoms with Gasteiger partial charge in [0.1, 0.15) is 4.21 Å². The Kier molecular flexibility index (Phi) is 6.91. The summed E-state index contributed by atoms with van der Waals surface area (Å²) in [5.74, 6) is -2.08. The Morgan fingerprint density at radius 3 is 2.31 bits per heavy atom. The summed E-state index contributed by atoms with van der Waals surface area (Å²) in [7, 11) is -3.87. The van der Waals surface area contributed by atoms with E-state index in [9.17, 15) is 22.8 Å². The molecule has 1 aromatic heterocycles. The summed E-state index contributed by atoms with van der Waals surface area (Å²) in [6.45, 7) is 1.38. The number of primary amides is 1. The maximum absolute atomic E-state index is 12.6. The first-order chi connectivity index (χ1) is 15.2. The Morgan fingerprint density at radius 2 is 1.69 bits per heavy atom. The van der Waals surface area contributed by atoms with Gasteiger partial charge in [-0.25, -0.2) is 13.2 Å². The Hall–Kier alpha value is -3.70. The van der Waals surface area contributed by atoms with Gasteiger partial charge < -0.3 is 15.8 Å². The van der Waals surface area contributed by atoms with Crippen molar-refractivity contribution in [1.82, 2.24) is 0 Å². The first-order valence-electron chi connectivity index (χ1n) is 9.24. The van der Waals surface area contributed by atoms with Crippen molar-refractivity contribution in [1.29, 1.82) is 0 Å². The molecule has 9 nitrogen and oxygen atoms in total. The second kappa shape index (κ2) is 9.62. The molecule has 32 heavy (non-hydrogen) atoms. The lowest BCUT2D eigenvalue weighted by Crippen LogP contribution is -2.30. The predicted molar refractivity (Wildman–Crippen MR) is 120 cm³/mol. The summed E-state index contributed by atoms with van der Waals surface area (Å²) in [4.78, 5) is 36.1. The van der Waals surface area contributed by atoms with Gasteiger partial charge in [-0.2, -0.15) is 0 Å². The lowest BCUT2D eigenvalue weighted by molar-refractivity contribution is -0.123. The van der Waals surface area contributed by atoms with E-state index in [-0.39, 0.29) is 21.0 Å². The van der Waals surface area contributed by atoms with Crippen LogP contribution in [0.1, 0.15) is 27.6 Å². The molecule has 0 saturated heterocycles. The Bertz CT molecular complexity index is 1240. The fraction of sp³-hybridized carbons (Fsp3) is 0.0952. The molecule has 11 heteroatoms. The molecular formula is C21H19N3O6S2. The van der Waals surface area contributed by atoms with E-state index < -0.39 is 33.9 Å². The lowest BCUT2D eigenvalue weighted by atomic mass is 10.2. The van der Waals surface area contributed by atoms with Crippen molar-refractivity contribution in [3.8, 4) is 0 Å². The highest BCUT2D eigenvalue weighted by atomic mass is 32.2. The van der Waals surface area contributed by atoms with E-state index in [1.807, 2.05) is 0 Å². The number of benzene rings is 2. The van der Waals surface area contributed by atoms with Crippen LogP contribution in [0.3, 0.4) is 0 Å². The maximum atomic E-state index is 12.6. The summed E-state index contributed by atoms with van der Waals surface area (Å²) in [6.07, 6.45) is -1.18. The second-order valence-corrected chi connectivity index (χ2v) is 9.42. The first-order valence-corrected chi connectivity index (χ1v) is 11.6. The highest BCUT2D eigenvalue weighted by molar-refractivity contribution is 7.94. The molecule has 0 radical (unpaired) electrons. The Morgan fingerprint density at radius 1 is 1.00 bits per heavy atom. The van der Waals surface area contributed by atoms with Crippen LogP contribution in [0.25, 0.3) is 0 Å². The van der Waals surface area contributed by atoms with Crippen molar-refractivity contribution >= 4 is 50.5 Å². The molecule has 2 aromatic carbocycles. The van der Waals surface area contributed by atoms with Gasteiger partial charge in [-0.3, -0.25) is 14.3 Å². The highest BCUT2D eigenvalue weighted by Crippen LogP contribution is 2.23. The number of rotatable bonds is 8. The van der Waals surface area contributed by atoms with Crippen molar-refractivity contribution < 1.29 is 27.5 Å². The van der Waals surface area contributed by atoms with Gasteiger partial charge >= 0.3 is 5.97 Å². The van der Waals surface area contributed by atoms with E-state index >= 15 is 0 Å². The van der Waals surface area contributed by atoms with Crippen LogP contribution in [0.15, 0.2) is 70.3 Å². The van der Waals surface area contributed by atoms with Crippen LogP contribution in [0.5, 0.6) is 0 Å². The van der Waals surface area contributed by atoms with Crippen LogP contribution < -0.4 is 15.8 Å². The number of sulfonamides is 1. The predicted octanol–water partition coefficient (Wildman–Crippen LogP) is 2.83. The maximum Gasteiger partial charge on any atom is 0.341 e. The van der Waals surface area contributed by atoms with Gasteiger partial charge in [0.25, 0.3) is 15.9 Å². The largest absolute Gasteiger partial charge is 0.449 e. The summed E-state index contributed by atoms with van der Waals surface area (Å²) >= 11 is 1.04. The van der Waals surface area contributed by atoms with E-state index in [4.69, 9.17) is 10.5 Å². The quantitative estimate of drug-likeness (QED) is 0.429. The van der Waals surface area contributed by atoms with Crippen LogP contribution in [-0.2, 0) is 19.6 Å². The number of esters is 1. The number of carbonyl (C=O) groups excluding carboxylic acids is 3. The number of nitrogens with two attached hydrogens (primary N) is 1. The number of carbonyl (C=O) groups is 3. The molecule has 2 amide bonds. The van der Waals surface area contributed by atoms with Gasteiger partial charge in [-0.1, -0.05) is 18.2 Å². The molecule has 0 unspecified atom stereocenters. The number of nitrogens with one attached hydrogen (secondary N) is 2. The Labute approximate surface area is 188 Å². The van der Waals surface area contributed by atoms with E-state index in [0.29, 0.717) is 5.69 Å². The number of amides is 2. The normalized spacial score (nSPS) is 11.9. The third-order valence-electron chi connectivity index (χ3n) is 4.24. The summed E-state index contributed by atoms with van der Waals surface area (Å²) in [5.41, 5.74) is 5.82. The molecule has 4 N–H and O–H groups in total. The monoisotopic (exact) mass is 473 g/mol. The van der Waals surface area contributed by atoms with Crippen molar-refractivity contribution in [3.05, 3.63) is 77.2 Å². The lowest BCUT2D eigenvalue weighted by Gasteiger charge is -2.16. The topological polar surface area (TPSA) is 145 Å². The van der Waals surface area contributed by atoms with Crippen molar-refractivity contribution in [2.75, 3.05) is 10.0 Å². The molecule has 3 aromatic rings. The molecule has 0 aliphatic heterocycles. The average Bonchev–Trinajstić information content (AvgIpc) is 3.30. The number of thiophene rings is 1. The fourth-order valence-corrected chi connectivity index (χ4v) is 4.67. The molecule has 1 heterocycles. The second-order valence-electron chi connectivity index (χ2n) is 6.56. The molecule has 0 bridgehead atoms. The van der Waals surface area contributed by atoms with Gasteiger partial charge in [0, 0.05) is 11.3 Å². The molecule has 0 fully saturated rings. The standard InChI is InChI=1S/C21H19N3O6S2/c1-13(20(26)23-15-10-8-14(9-11-15)19(22)25)30-21(27)16-5-2-3-6-17(16)24-32(28,29)18-7-4-12-31-18/h2-13,24H,1H3,(H2,22,25)(H,23,26)/t13-/m1/s1.